The van der Waals surface area contributed by atoms with Crippen LogP contribution in [0.25, 0.3) is 0 Å². The summed E-state index contributed by atoms with van der Waals surface area (Å²) in [5, 5.41) is 16.8. The van der Waals surface area contributed by atoms with Gasteiger partial charge in [-0.25, -0.2) is 8.42 Å². The first-order valence-corrected chi connectivity index (χ1v) is 9.55. The van der Waals surface area contributed by atoms with Crippen molar-refractivity contribution in [2.45, 2.75) is 37.6 Å². The summed E-state index contributed by atoms with van der Waals surface area (Å²) in [6, 6.07) is 3.85. The van der Waals surface area contributed by atoms with E-state index >= 15 is 0 Å². The molecule has 1 aliphatic rings. The number of anilines is 1. The Kier molecular flexibility index (Phi) is 5.96. The summed E-state index contributed by atoms with van der Waals surface area (Å²) in [6.07, 6.45) is 1.90. The molecule has 0 heterocycles. The molecule has 1 aromatic carbocycles. The SMILES string of the molecule is CCN(CC)S(=O)(=O)c1ccc(NCC(=O)NC2CC2)c([N+](=O)[O-])c1. The summed E-state index contributed by atoms with van der Waals surface area (Å²) in [5.74, 6) is -0.253. The number of nitro benzene ring substituents is 1. The fourth-order valence-electron chi connectivity index (χ4n) is 2.37. The van der Waals surface area contributed by atoms with Crippen LogP contribution in [-0.2, 0) is 14.8 Å². The molecule has 0 bridgehead atoms. The lowest BCUT2D eigenvalue weighted by Gasteiger charge is -2.18. The Morgan fingerprint density at radius 2 is 1.96 bits per heavy atom. The molecule has 0 saturated heterocycles. The first-order chi connectivity index (χ1) is 11.8. The van der Waals surface area contributed by atoms with E-state index in [0.717, 1.165) is 18.9 Å². The zero-order valence-corrected chi connectivity index (χ0v) is 15.0. The molecule has 25 heavy (non-hydrogen) atoms. The van der Waals surface area contributed by atoms with Gasteiger partial charge in [0.15, 0.2) is 0 Å². The van der Waals surface area contributed by atoms with Crippen LogP contribution in [0.1, 0.15) is 26.7 Å². The lowest BCUT2D eigenvalue weighted by molar-refractivity contribution is -0.384. The van der Waals surface area contributed by atoms with Crippen LogP contribution in [0.2, 0.25) is 0 Å². The molecule has 1 aliphatic carbocycles. The minimum Gasteiger partial charge on any atom is -0.371 e. The normalized spacial score (nSPS) is 14.4. The summed E-state index contributed by atoms with van der Waals surface area (Å²) < 4.78 is 26.2. The molecule has 0 aliphatic heterocycles. The van der Waals surface area contributed by atoms with Crippen LogP contribution in [0.15, 0.2) is 23.1 Å². The molecule has 0 radical (unpaired) electrons. The highest BCUT2D eigenvalue weighted by atomic mass is 32.2. The fourth-order valence-corrected chi connectivity index (χ4v) is 3.85. The Morgan fingerprint density at radius 3 is 2.48 bits per heavy atom. The lowest BCUT2D eigenvalue weighted by Crippen LogP contribution is -2.31. The quantitative estimate of drug-likeness (QED) is 0.499. The molecule has 2 rings (SSSR count). The number of benzene rings is 1. The number of nitro groups is 1. The number of hydrogen-bond acceptors (Lipinski definition) is 6. The van der Waals surface area contributed by atoms with Gasteiger partial charge in [0, 0.05) is 25.2 Å². The molecule has 1 aromatic rings. The van der Waals surface area contributed by atoms with E-state index in [1.165, 1.54) is 16.4 Å². The molecule has 0 unspecified atom stereocenters. The second-order valence-electron chi connectivity index (χ2n) is 5.72. The Balaban J connectivity index is 2.21. The van der Waals surface area contributed by atoms with Gasteiger partial charge in [-0.05, 0) is 25.0 Å². The predicted molar refractivity (Wildman–Crippen MR) is 92.9 cm³/mol. The highest BCUT2D eigenvalue weighted by Gasteiger charge is 2.26. The third kappa shape index (κ3) is 4.67. The first kappa shape index (κ1) is 19.1. The Morgan fingerprint density at radius 1 is 1.32 bits per heavy atom. The van der Waals surface area contributed by atoms with Crippen LogP contribution in [0.3, 0.4) is 0 Å². The molecular formula is C15H22N4O5S. The number of carbonyl (C=O) groups is 1. The molecule has 138 valence electrons. The molecule has 0 atom stereocenters. The number of amides is 1. The molecule has 0 spiro atoms. The summed E-state index contributed by atoms with van der Waals surface area (Å²) in [5.41, 5.74) is -0.276. The number of hydrogen-bond donors (Lipinski definition) is 2. The topological polar surface area (TPSA) is 122 Å². The van der Waals surface area contributed by atoms with Crippen LogP contribution >= 0.6 is 0 Å². The van der Waals surface area contributed by atoms with Crippen LogP contribution in [-0.4, -0.2) is 49.2 Å². The number of nitrogens with zero attached hydrogens (tertiary/aromatic N) is 2. The number of nitrogens with one attached hydrogen (secondary N) is 2. The fraction of sp³-hybridized carbons (Fsp3) is 0.533. The summed E-state index contributed by atoms with van der Waals surface area (Å²) in [7, 11) is -3.79. The minimum atomic E-state index is -3.79. The van der Waals surface area contributed by atoms with Crippen molar-refractivity contribution < 1.29 is 18.1 Å². The van der Waals surface area contributed by atoms with Gasteiger partial charge in [0.05, 0.1) is 16.4 Å². The summed E-state index contributed by atoms with van der Waals surface area (Å²) >= 11 is 0. The average molecular weight is 370 g/mol. The van der Waals surface area contributed by atoms with Gasteiger partial charge in [-0.3, -0.25) is 14.9 Å². The molecule has 1 saturated carbocycles. The molecular weight excluding hydrogens is 348 g/mol. The highest BCUT2D eigenvalue weighted by molar-refractivity contribution is 7.89. The highest BCUT2D eigenvalue weighted by Crippen LogP contribution is 2.29. The maximum Gasteiger partial charge on any atom is 0.293 e. The minimum absolute atomic E-state index is 0.106. The van der Waals surface area contributed by atoms with Crippen molar-refractivity contribution >= 4 is 27.3 Å². The van der Waals surface area contributed by atoms with Crippen LogP contribution in [0, 0.1) is 10.1 Å². The Bertz CT molecular complexity index is 757. The molecule has 0 aromatic heterocycles. The summed E-state index contributed by atoms with van der Waals surface area (Å²) in [6.45, 7) is 3.83. The van der Waals surface area contributed by atoms with E-state index in [1.54, 1.807) is 13.8 Å². The third-order valence-corrected chi connectivity index (χ3v) is 5.94. The van der Waals surface area contributed by atoms with E-state index in [0.29, 0.717) is 0 Å². The Labute approximate surface area is 146 Å². The van der Waals surface area contributed by atoms with E-state index in [1.807, 2.05) is 0 Å². The van der Waals surface area contributed by atoms with Gasteiger partial charge in [-0.2, -0.15) is 4.31 Å². The van der Waals surface area contributed by atoms with Gasteiger partial charge in [0.2, 0.25) is 15.9 Å². The largest absolute Gasteiger partial charge is 0.371 e. The average Bonchev–Trinajstić information content (AvgIpc) is 3.37. The zero-order chi connectivity index (χ0) is 18.6. The van der Waals surface area contributed by atoms with Crippen molar-refractivity contribution in [1.82, 2.24) is 9.62 Å². The van der Waals surface area contributed by atoms with Crippen molar-refractivity contribution in [3.8, 4) is 0 Å². The second-order valence-corrected chi connectivity index (χ2v) is 7.66. The standard InChI is InChI=1S/C15H22N4O5S/c1-3-18(4-2)25(23,24)12-7-8-13(14(9-12)19(21)22)16-10-15(20)17-11-5-6-11/h7-9,11,16H,3-6,10H2,1-2H3,(H,17,20). The van der Waals surface area contributed by atoms with E-state index in [-0.39, 0.29) is 47.9 Å². The maximum absolute atomic E-state index is 12.5. The number of carbonyl (C=O) groups excluding carboxylic acids is 1. The van der Waals surface area contributed by atoms with Gasteiger partial charge >= 0.3 is 0 Å². The van der Waals surface area contributed by atoms with Crippen molar-refractivity contribution in [2.75, 3.05) is 25.0 Å². The molecule has 10 heteroatoms. The molecule has 1 fully saturated rings. The molecule has 9 nitrogen and oxygen atoms in total. The van der Waals surface area contributed by atoms with Gasteiger partial charge < -0.3 is 10.6 Å². The van der Waals surface area contributed by atoms with Gasteiger partial charge in [-0.1, -0.05) is 13.8 Å². The number of sulfonamides is 1. The second kappa shape index (κ2) is 7.79. The predicted octanol–water partition coefficient (Wildman–Crippen LogP) is 1.32. The zero-order valence-electron chi connectivity index (χ0n) is 14.2. The maximum atomic E-state index is 12.5. The third-order valence-electron chi connectivity index (χ3n) is 3.89. The summed E-state index contributed by atoms with van der Waals surface area (Å²) in [4.78, 5) is 22.2. The molecule has 2 N–H and O–H groups in total. The molecule has 1 amide bonds. The van der Waals surface area contributed by atoms with Crippen molar-refractivity contribution in [2.24, 2.45) is 0 Å². The van der Waals surface area contributed by atoms with Crippen molar-refractivity contribution in [1.29, 1.82) is 0 Å². The first-order valence-electron chi connectivity index (χ1n) is 8.11. The van der Waals surface area contributed by atoms with E-state index < -0.39 is 14.9 Å². The lowest BCUT2D eigenvalue weighted by atomic mass is 10.2. The Hall–Kier alpha value is -2.20. The van der Waals surface area contributed by atoms with Crippen LogP contribution in [0.4, 0.5) is 11.4 Å². The van der Waals surface area contributed by atoms with Gasteiger partial charge in [0.1, 0.15) is 5.69 Å². The van der Waals surface area contributed by atoms with E-state index in [4.69, 9.17) is 0 Å². The van der Waals surface area contributed by atoms with E-state index in [9.17, 15) is 23.3 Å². The van der Waals surface area contributed by atoms with Crippen molar-refractivity contribution in [3.05, 3.63) is 28.3 Å². The van der Waals surface area contributed by atoms with Crippen molar-refractivity contribution in [3.63, 3.8) is 0 Å². The monoisotopic (exact) mass is 370 g/mol. The van der Waals surface area contributed by atoms with Crippen LogP contribution in [0.5, 0.6) is 0 Å². The van der Waals surface area contributed by atoms with E-state index in [2.05, 4.69) is 10.6 Å². The van der Waals surface area contributed by atoms with Crippen LogP contribution < -0.4 is 10.6 Å². The smallest absolute Gasteiger partial charge is 0.293 e. The van der Waals surface area contributed by atoms with Gasteiger partial charge in [-0.15, -0.1) is 0 Å². The number of rotatable bonds is 9. The van der Waals surface area contributed by atoms with Gasteiger partial charge in [0.25, 0.3) is 5.69 Å².